The Bertz CT molecular complexity index is 341. The number of benzene rings is 1. The molecule has 1 unspecified atom stereocenters. The zero-order chi connectivity index (χ0) is 13.4. The molecule has 0 radical (unpaired) electrons. The van der Waals surface area contributed by atoms with E-state index in [-0.39, 0.29) is 0 Å². The lowest BCUT2D eigenvalue weighted by molar-refractivity contribution is 0.172. The lowest BCUT2D eigenvalue weighted by Gasteiger charge is -2.24. The van der Waals surface area contributed by atoms with Crippen molar-refractivity contribution < 1.29 is 4.74 Å². The third-order valence-corrected chi connectivity index (χ3v) is 3.04. The van der Waals surface area contributed by atoms with Gasteiger partial charge in [0, 0.05) is 38.5 Å². The van der Waals surface area contributed by atoms with E-state index in [9.17, 15) is 0 Å². The van der Waals surface area contributed by atoms with Crippen LogP contribution in [0.4, 0.5) is 5.69 Å². The van der Waals surface area contributed by atoms with Gasteiger partial charge in [-0.3, -0.25) is 0 Å². The molecule has 102 valence electrons. The molecule has 0 amide bonds. The van der Waals surface area contributed by atoms with Gasteiger partial charge < -0.3 is 15.0 Å². The molecular weight excluding hydrogens is 224 g/mol. The van der Waals surface area contributed by atoms with Crippen molar-refractivity contribution in [3.05, 3.63) is 29.8 Å². The molecule has 0 saturated heterocycles. The summed E-state index contributed by atoms with van der Waals surface area (Å²) >= 11 is 0. The minimum atomic E-state index is 0.409. The highest BCUT2D eigenvalue weighted by Gasteiger charge is 2.05. The molecule has 3 heteroatoms. The van der Waals surface area contributed by atoms with Gasteiger partial charge in [-0.15, -0.1) is 0 Å². The first kappa shape index (κ1) is 15.0. The molecule has 0 aromatic heterocycles. The summed E-state index contributed by atoms with van der Waals surface area (Å²) in [4.78, 5) is 2.39. The third kappa shape index (κ3) is 5.07. The molecule has 0 heterocycles. The second-order valence-electron chi connectivity index (χ2n) is 4.73. The van der Waals surface area contributed by atoms with E-state index >= 15 is 0 Å². The van der Waals surface area contributed by atoms with Gasteiger partial charge in [0.15, 0.2) is 0 Å². The average molecular weight is 250 g/mol. The van der Waals surface area contributed by atoms with Crippen molar-refractivity contribution in [2.45, 2.75) is 26.8 Å². The number of hydrogen-bond donors (Lipinski definition) is 1. The van der Waals surface area contributed by atoms with Crippen molar-refractivity contribution >= 4 is 5.69 Å². The van der Waals surface area contributed by atoms with E-state index in [0.717, 1.165) is 26.2 Å². The number of likely N-dealkylation sites (N-methyl/N-ethyl adjacent to an activating group) is 1. The summed E-state index contributed by atoms with van der Waals surface area (Å²) in [6, 6.07) is 9.08. The molecule has 1 atom stereocenters. The van der Waals surface area contributed by atoms with E-state index < -0.39 is 0 Å². The number of nitrogens with one attached hydrogen (secondary N) is 1. The van der Waals surface area contributed by atoms with Crippen molar-refractivity contribution in [3.8, 4) is 0 Å². The molecule has 1 rings (SSSR count). The number of ether oxygens (including phenoxy) is 1. The Morgan fingerprint density at radius 2 is 2.17 bits per heavy atom. The second kappa shape index (κ2) is 8.11. The molecule has 0 aliphatic rings. The maximum Gasteiger partial charge on any atom is 0.0613 e. The van der Waals surface area contributed by atoms with Crippen LogP contribution in [0.1, 0.15) is 19.4 Å². The molecule has 1 aromatic carbocycles. The van der Waals surface area contributed by atoms with Crippen molar-refractivity contribution in [1.82, 2.24) is 5.32 Å². The van der Waals surface area contributed by atoms with Crippen LogP contribution in [0.25, 0.3) is 0 Å². The van der Waals surface area contributed by atoms with E-state index in [1.807, 2.05) is 0 Å². The van der Waals surface area contributed by atoms with Gasteiger partial charge in [0.1, 0.15) is 0 Å². The Hall–Kier alpha value is -1.06. The van der Waals surface area contributed by atoms with Gasteiger partial charge in [0.05, 0.1) is 6.61 Å². The molecule has 3 nitrogen and oxygen atoms in total. The van der Waals surface area contributed by atoms with E-state index in [0.29, 0.717) is 6.04 Å². The Kier molecular flexibility index (Phi) is 6.76. The number of anilines is 1. The second-order valence-corrected chi connectivity index (χ2v) is 4.73. The fraction of sp³-hybridized carbons (Fsp3) is 0.600. The van der Waals surface area contributed by atoms with Crippen LogP contribution in [-0.2, 0) is 4.74 Å². The van der Waals surface area contributed by atoms with E-state index in [1.165, 1.54) is 11.3 Å². The Morgan fingerprint density at radius 3 is 2.78 bits per heavy atom. The van der Waals surface area contributed by atoms with Crippen LogP contribution in [0.5, 0.6) is 0 Å². The van der Waals surface area contributed by atoms with Gasteiger partial charge in [-0.25, -0.2) is 0 Å². The van der Waals surface area contributed by atoms with Gasteiger partial charge in [-0.1, -0.05) is 12.1 Å². The van der Waals surface area contributed by atoms with E-state index in [4.69, 9.17) is 4.74 Å². The molecule has 1 aromatic rings. The first-order chi connectivity index (χ1) is 8.67. The van der Waals surface area contributed by atoms with Gasteiger partial charge in [0.2, 0.25) is 0 Å². The maximum atomic E-state index is 5.11. The van der Waals surface area contributed by atoms with Crippen LogP contribution >= 0.6 is 0 Å². The molecule has 0 bridgehead atoms. The largest absolute Gasteiger partial charge is 0.383 e. The molecule has 1 N–H and O–H groups in total. The number of aryl methyl sites for hydroxylation is 1. The molecule has 0 aliphatic carbocycles. The quantitative estimate of drug-likeness (QED) is 0.767. The summed E-state index contributed by atoms with van der Waals surface area (Å²) in [6.45, 7) is 10.3. The lowest BCUT2D eigenvalue weighted by Crippen LogP contribution is -2.37. The molecule has 0 spiro atoms. The van der Waals surface area contributed by atoms with Crippen LogP contribution < -0.4 is 10.2 Å². The monoisotopic (exact) mass is 250 g/mol. The summed E-state index contributed by atoms with van der Waals surface area (Å²) in [6.07, 6.45) is 0. The Balaban J connectivity index is 2.43. The van der Waals surface area contributed by atoms with Crippen LogP contribution in [0, 0.1) is 6.92 Å². The number of rotatable bonds is 8. The summed E-state index contributed by atoms with van der Waals surface area (Å²) in [5, 5.41) is 3.47. The molecule has 18 heavy (non-hydrogen) atoms. The van der Waals surface area contributed by atoms with E-state index in [1.54, 1.807) is 7.11 Å². The van der Waals surface area contributed by atoms with Crippen LogP contribution in [0.3, 0.4) is 0 Å². The molecule has 0 fully saturated rings. The molecule has 0 saturated carbocycles. The SMILES string of the molecule is CCN(CCNC(C)COC)c1cccc(C)c1. The first-order valence-electron chi connectivity index (χ1n) is 6.71. The highest BCUT2D eigenvalue weighted by molar-refractivity contribution is 5.48. The first-order valence-corrected chi connectivity index (χ1v) is 6.71. The van der Waals surface area contributed by atoms with Crippen LogP contribution in [-0.4, -0.2) is 39.4 Å². The van der Waals surface area contributed by atoms with Crippen molar-refractivity contribution in [2.24, 2.45) is 0 Å². The average Bonchev–Trinajstić information content (AvgIpc) is 2.35. The normalized spacial score (nSPS) is 12.4. The predicted molar refractivity (Wildman–Crippen MR) is 78.4 cm³/mol. The molecular formula is C15H26N2O. The van der Waals surface area contributed by atoms with Gasteiger partial charge >= 0.3 is 0 Å². The Morgan fingerprint density at radius 1 is 1.39 bits per heavy atom. The van der Waals surface area contributed by atoms with E-state index in [2.05, 4.69) is 55.3 Å². The smallest absolute Gasteiger partial charge is 0.0613 e. The minimum absolute atomic E-state index is 0.409. The van der Waals surface area contributed by atoms with Crippen LogP contribution in [0.15, 0.2) is 24.3 Å². The predicted octanol–water partition coefficient (Wildman–Crippen LogP) is 2.45. The van der Waals surface area contributed by atoms with Crippen molar-refractivity contribution in [3.63, 3.8) is 0 Å². The summed E-state index contributed by atoms with van der Waals surface area (Å²) in [5.74, 6) is 0. The van der Waals surface area contributed by atoms with Crippen molar-refractivity contribution in [1.29, 1.82) is 0 Å². The van der Waals surface area contributed by atoms with Gasteiger partial charge in [0.25, 0.3) is 0 Å². The number of methoxy groups -OCH3 is 1. The number of nitrogens with zero attached hydrogens (tertiary/aromatic N) is 1. The molecule has 0 aliphatic heterocycles. The standard InChI is InChI=1S/C15H26N2O/c1-5-17(10-9-16-14(3)12-18-4)15-8-6-7-13(2)11-15/h6-8,11,14,16H,5,9-10,12H2,1-4H3. The Labute approximate surface area is 111 Å². The topological polar surface area (TPSA) is 24.5 Å². The summed E-state index contributed by atoms with van der Waals surface area (Å²) in [7, 11) is 1.74. The highest BCUT2D eigenvalue weighted by atomic mass is 16.5. The zero-order valence-corrected chi connectivity index (χ0v) is 12.1. The summed E-state index contributed by atoms with van der Waals surface area (Å²) < 4.78 is 5.11. The lowest BCUT2D eigenvalue weighted by atomic mass is 10.2. The zero-order valence-electron chi connectivity index (χ0n) is 12.1. The van der Waals surface area contributed by atoms with Gasteiger partial charge in [-0.2, -0.15) is 0 Å². The summed E-state index contributed by atoms with van der Waals surface area (Å²) in [5.41, 5.74) is 2.62. The highest BCUT2D eigenvalue weighted by Crippen LogP contribution is 2.14. The fourth-order valence-electron chi connectivity index (χ4n) is 2.05. The minimum Gasteiger partial charge on any atom is -0.383 e. The number of hydrogen-bond acceptors (Lipinski definition) is 3. The maximum absolute atomic E-state index is 5.11. The van der Waals surface area contributed by atoms with Crippen molar-refractivity contribution in [2.75, 3.05) is 38.3 Å². The fourth-order valence-corrected chi connectivity index (χ4v) is 2.05. The van der Waals surface area contributed by atoms with Gasteiger partial charge in [-0.05, 0) is 38.5 Å². The van der Waals surface area contributed by atoms with Crippen LogP contribution in [0.2, 0.25) is 0 Å². The third-order valence-electron chi connectivity index (χ3n) is 3.04.